The van der Waals surface area contributed by atoms with Crippen LogP contribution < -0.4 is 0 Å². The maximum Gasteiger partial charge on any atom is 0.122 e. The Morgan fingerprint density at radius 1 is 1.25 bits per heavy atom. The molecule has 1 aromatic rings. The van der Waals surface area contributed by atoms with E-state index in [1.54, 1.807) is 36.7 Å². The summed E-state index contributed by atoms with van der Waals surface area (Å²) in [6.45, 7) is 0. The van der Waals surface area contributed by atoms with Gasteiger partial charge in [-0.25, -0.2) is 0 Å². The predicted molar refractivity (Wildman–Crippen MR) is 45.1 cm³/mol. The fraction of sp³-hybridized carbons (Fsp3) is 0.125. The molecule has 0 bridgehead atoms. The van der Waals surface area contributed by atoms with E-state index in [1.807, 2.05) is 0 Å². The third kappa shape index (κ3) is 6.54. The summed E-state index contributed by atoms with van der Waals surface area (Å²) in [5, 5.41) is 15.9. The number of pyridine rings is 1. The average Bonchev–Trinajstić information content (AvgIpc) is 2.08. The fourth-order valence-corrected chi connectivity index (χ4v) is 0.482. The van der Waals surface area contributed by atoms with E-state index >= 15 is 0 Å². The molecule has 4 heteroatoms. The third-order valence-electron chi connectivity index (χ3n) is 0.798. The van der Waals surface area contributed by atoms with Crippen molar-refractivity contribution >= 4 is 11.6 Å². The predicted octanol–water partition coefficient (Wildman–Crippen LogP) is 2.16. The smallest absolute Gasteiger partial charge is 0.122 e. The van der Waals surface area contributed by atoms with Crippen LogP contribution in [0, 0.1) is 22.7 Å². The van der Waals surface area contributed by atoms with Gasteiger partial charge in [-0.05, 0) is 12.1 Å². The molecule has 1 aromatic heterocycles. The highest BCUT2D eigenvalue weighted by molar-refractivity contribution is 6.30. The third-order valence-corrected chi connectivity index (χ3v) is 1.05. The Hall–Kier alpha value is -1.58. The summed E-state index contributed by atoms with van der Waals surface area (Å²) in [5.74, 6) is 0. The van der Waals surface area contributed by atoms with Gasteiger partial charge in [0.15, 0.2) is 0 Å². The minimum Gasteiger partial charge on any atom is -0.265 e. The molecule has 1 rings (SSSR count). The van der Waals surface area contributed by atoms with Gasteiger partial charge in [-0.2, -0.15) is 10.5 Å². The highest BCUT2D eigenvalue weighted by Gasteiger charge is 1.75. The van der Waals surface area contributed by atoms with E-state index in [0.29, 0.717) is 0 Å². The first kappa shape index (κ1) is 10.4. The normalized spacial score (nSPS) is 6.92. The zero-order chi connectivity index (χ0) is 9.23. The van der Waals surface area contributed by atoms with Gasteiger partial charge < -0.3 is 0 Å². The van der Waals surface area contributed by atoms with Crippen molar-refractivity contribution in [1.29, 1.82) is 10.5 Å². The molecule has 0 aromatic carbocycles. The standard InChI is InChI=1S/C5H4ClN.C3H2N2/c6-5-1-3-7-4-2-5;4-2-1-3-5/h1-4H;1H2. The topological polar surface area (TPSA) is 60.5 Å². The molecule has 0 spiro atoms. The van der Waals surface area contributed by atoms with Gasteiger partial charge >= 0.3 is 0 Å². The number of hydrogen-bond acceptors (Lipinski definition) is 3. The van der Waals surface area contributed by atoms with Crippen LogP contribution in [0.25, 0.3) is 0 Å². The largest absolute Gasteiger partial charge is 0.265 e. The Balaban J connectivity index is 0.000000217. The van der Waals surface area contributed by atoms with Gasteiger partial charge in [0.2, 0.25) is 0 Å². The van der Waals surface area contributed by atoms with Crippen LogP contribution in [0.1, 0.15) is 6.42 Å². The van der Waals surface area contributed by atoms with Crippen LogP contribution in [-0.4, -0.2) is 4.98 Å². The van der Waals surface area contributed by atoms with Crippen molar-refractivity contribution < 1.29 is 0 Å². The minimum absolute atomic E-state index is 0. The molecule has 0 unspecified atom stereocenters. The first-order valence-corrected chi connectivity index (χ1v) is 3.48. The molecule has 0 aliphatic rings. The minimum atomic E-state index is 0. The van der Waals surface area contributed by atoms with Crippen molar-refractivity contribution in [3.63, 3.8) is 0 Å². The van der Waals surface area contributed by atoms with Gasteiger partial charge in [0.05, 0.1) is 12.1 Å². The number of nitriles is 2. The van der Waals surface area contributed by atoms with Gasteiger partial charge in [0.25, 0.3) is 0 Å². The summed E-state index contributed by atoms with van der Waals surface area (Å²) in [7, 11) is 0. The molecule has 0 aliphatic carbocycles. The molecule has 0 amide bonds. The second kappa shape index (κ2) is 7.53. The van der Waals surface area contributed by atoms with E-state index in [9.17, 15) is 0 Å². The molecule has 0 saturated heterocycles. The maximum atomic E-state index is 7.59. The lowest BCUT2D eigenvalue weighted by Crippen LogP contribution is -1.63. The van der Waals surface area contributed by atoms with Crippen molar-refractivity contribution in [3.05, 3.63) is 29.5 Å². The number of aromatic nitrogens is 1. The average molecular weight is 180 g/mol. The van der Waals surface area contributed by atoms with Crippen molar-refractivity contribution in [3.8, 4) is 12.1 Å². The van der Waals surface area contributed by atoms with E-state index < -0.39 is 0 Å². The van der Waals surface area contributed by atoms with E-state index in [4.69, 9.17) is 22.1 Å². The van der Waals surface area contributed by atoms with Crippen molar-refractivity contribution in [1.82, 2.24) is 4.98 Å². The summed E-state index contributed by atoms with van der Waals surface area (Å²) in [6, 6.07) is 6.79. The van der Waals surface area contributed by atoms with Crippen LogP contribution in [0.3, 0.4) is 0 Å². The Bertz CT molecular complexity index is 271. The molecule has 3 nitrogen and oxygen atoms in total. The first-order chi connectivity index (χ1) is 5.81. The van der Waals surface area contributed by atoms with Crippen LogP contribution in [0.5, 0.6) is 0 Å². The van der Waals surface area contributed by atoms with Crippen molar-refractivity contribution in [2.75, 3.05) is 0 Å². The molecule has 0 fully saturated rings. The van der Waals surface area contributed by atoms with Crippen LogP contribution >= 0.6 is 11.6 Å². The second-order valence-electron chi connectivity index (χ2n) is 1.66. The molecule has 1 heterocycles. The molecular weight excluding hydrogens is 174 g/mol. The molecule has 60 valence electrons. The van der Waals surface area contributed by atoms with Crippen LogP contribution in [-0.2, 0) is 0 Å². The monoisotopic (exact) mass is 179 g/mol. The molecule has 0 atom stereocenters. The number of hydrogen-bond donors (Lipinski definition) is 0. The molecule has 0 N–H and O–H groups in total. The molecule has 0 saturated carbocycles. The lowest BCUT2D eigenvalue weighted by molar-refractivity contribution is 1.33. The number of nitrogens with zero attached hydrogens (tertiary/aromatic N) is 3. The van der Waals surface area contributed by atoms with Gasteiger partial charge in [-0.1, -0.05) is 11.6 Å². The molecule has 0 aliphatic heterocycles. The molecular formula is C8H6ClN3. The van der Waals surface area contributed by atoms with Crippen LogP contribution in [0.2, 0.25) is 5.02 Å². The number of halogens is 1. The van der Waals surface area contributed by atoms with Gasteiger partial charge in [-0.15, -0.1) is 0 Å². The summed E-state index contributed by atoms with van der Waals surface area (Å²) in [5.41, 5.74) is 0. The Morgan fingerprint density at radius 3 is 1.92 bits per heavy atom. The molecule has 0 radical (unpaired) electrons. The quantitative estimate of drug-likeness (QED) is 0.613. The van der Waals surface area contributed by atoms with Crippen LogP contribution in [0.15, 0.2) is 24.5 Å². The van der Waals surface area contributed by atoms with E-state index in [0.717, 1.165) is 5.02 Å². The zero-order valence-electron chi connectivity index (χ0n) is 6.24. The zero-order valence-corrected chi connectivity index (χ0v) is 6.99. The van der Waals surface area contributed by atoms with Crippen molar-refractivity contribution in [2.24, 2.45) is 0 Å². The van der Waals surface area contributed by atoms with Crippen molar-refractivity contribution in [2.45, 2.75) is 6.42 Å². The van der Waals surface area contributed by atoms with Gasteiger partial charge in [0.1, 0.15) is 6.42 Å². The lowest BCUT2D eigenvalue weighted by Gasteiger charge is -1.79. The highest BCUT2D eigenvalue weighted by Crippen LogP contribution is 2.01. The lowest BCUT2D eigenvalue weighted by atomic mass is 10.5. The van der Waals surface area contributed by atoms with E-state index in [-0.39, 0.29) is 6.42 Å². The Labute approximate surface area is 75.8 Å². The fourth-order valence-electron chi connectivity index (χ4n) is 0.369. The summed E-state index contributed by atoms with van der Waals surface area (Å²) in [4.78, 5) is 3.76. The summed E-state index contributed by atoms with van der Waals surface area (Å²) >= 11 is 5.50. The SMILES string of the molecule is Clc1ccncc1.N#CCC#N. The Morgan fingerprint density at radius 2 is 1.75 bits per heavy atom. The van der Waals surface area contributed by atoms with Gasteiger partial charge in [-0.3, -0.25) is 4.98 Å². The summed E-state index contributed by atoms with van der Waals surface area (Å²) < 4.78 is 0. The Kier molecular flexibility index (Phi) is 6.54. The molecule has 12 heavy (non-hydrogen) atoms. The van der Waals surface area contributed by atoms with Crippen LogP contribution in [0.4, 0.5) is 0 Å². The van der Waals surface area contributed by atoms with E-state index in [2.05, 4.69) is 4.98 Å². The number of rotatable bonds is 0. The van der Waals surface area contributed by atoms with Gasteiger partial charge in [0, 0.05) is 17.4 Å². The second-order valence-corrected chi connectivity index (χ2v) is 2.09. The maximum absolute atomic E-state index is 7.59. The summed E-state index contributed by atoms with van der Waals surface area (Å²) in [6.07, 6.45) is 3.31. The van der Waals surface area contributed by atoms with E-state index in [1.165, 1.54) is 0 Å². The highest BCUT2D eigenvalue weighted by atomic mass is 35.5. The first-order valence-electron chi connectivity index (χ1n) is 3.10.